The predicted molar refractivity (Wildman–Crippen MR) is 117 cm³/mol. The molecule has 30 heavy (non-hydrogen) atoms. The molecule has 1 amide bonds. The molecular weight excluding hydrogens is 399 g/mol. The zero-order valence-corrected chi connectivity index (χ0v) is 17.1. The standard InChI is InChI=1S/C24H19FN2O2S/c1-29-21-13-9-19(10-14-21)23(28)27(15-17-5-3-2-4-6-17)24-26-22(16-30-24)18-7-11-20(25)12-8-18/h2-14,16H,15H2,1H3. The molecule has 0 radical (unpaired) electrons. The number of methoxy groups -OCH3 is 1. The number of benzene rings is 3. The highest BCUT2D eigenvalue weighted by atomic mass is 32.1. The van der Waals surface area contributed by atoms with E-state index < -0.39 is 0 Å². The third-order valence-electron chi connectivity index (χ3n) is 4.63. The van der Waals surface area contributed by atoms with Gasteiger partial charge in [-0.25, -0.2) is 9.37 Å². The van der Waals surface area contributed by atoms with E-state index in [4.69, 9.17) is 4.74 Å². The van der Waals surface area contributed by atoms with Gasteiger partial charge < -0.3 is 4.74 Å². The second kappa shape index (κ2) is 8.88. The molecule has 6 heteroatoms. The highest BCUT2D eigenvalue weighted by molar-refractivity contribution is 7.14. The molecule has 4 nitrogen and oxygen atoms in total. The Kier molecular flexibility index (Phi) is 5.86. The largest absolute Gasteiger partial charge is 0.497 e. The molecular formula is C24H19FN2O2S. The van der Waals surface area contributed by atoms with Crippen LogP contribution in [0.2, 0.25) is 0 Å². The minimum absolute atomic E-state index is 0.151. The Morgan fingerprint density at radius 2 is 1.70 bits per heavy atom. The second-order valence-corrected chi connectivity index (χ2v) is 7.46. The lowest BCUT2D eigenvalue weighted by molar-refractivity contribution is 0.0985. The molecule has 0 fully saturated rings. The average Bonchev–Trinajstić information content (AvgIpc) is 3.28. The molecule has 1 aromatic heterocycles. The molecule has 150 valence electrons. The molecule has 3 aromatic carbocycles. The Bertz CT molecular complexity index is 1130. The fourth-order valence-electron chi connectivity index (χ4n) is 3.02. The smallest absolute Gasteiger partial charge is 0.260 e. The number of carbonyl (C=O) groups excluding carboxylic acids is 1. The van der Waals surface area contributed by atoms with Crippen LogP contribution in [0.1, 0.15) is 15.9 Å². The Labute approximate surface area is 178 Å². The molecule has 0 spiro atoms. The summed E-state index contributed by atoms with van der Waals surface area (Å²) in [5, 5.41) is 2.46. The lowest BCUT2D eigenvalue weighted by atomic mass is 10.1. The summed E-state index contributed by atoms with van der Waals surface area (Å²) < 4.78 is 18.4. The quantitative estimate of drug-likeness (QED) is 0.397. The maximum atomic E-state index is 13.3. The summed E-state index contributed by atoms with van der Waals surface area (Å²) in [6, 6.07) is 23.0. The fraction of sp³-hybridized carbons (Fsp3) is 0.0833. The molecule has 0 unspecified atom stereocenters. The van der Waals surface area contributed by atoms with Crippen molar-refractivity contribution in [2.75, 3.05) is 12.0 Å². The van der Waals surface area contributed by atoms with Crippen LogP contribution < -0.4 is 9.64 Å². The van der Waals surface area contributed by atoms with Gasteiger partial charge in [-0.15, -0.1) is 11.3 Å². The summed E-state index contributed by atoms with van der Waals surface area (Å²) >= 11 is 1.38. The molecule has 0 bridgehead atoms. The maximum Gasteiger partial charge on any atom is 0.260 e. The highest BCUT2D eigenvalue weighted by Crippen LogP contribution is 2.30. The van der Waals surface area contributed by atoms with Crippen LogP contribution in [0.25, 0.3) is 11.3 Å². The van der Waals surface area contributed by atoms with Crippen molar-refractivity contribution in [2.45, 2.75) is 6.54 Å². The predicted octanol–water partition coefficient (Wildman–Crippen LogP) is 5.80. The van der Waals surface area contributed by atoms with Gasteiger partial charge in [0.25, 0.3) is 5.91 Å². The topological polar surface area (TPSA) is 42.4 Å². The summed E-state index contributed by atoms with van der Waals surface area (Å²) in [6.07, 6.45) is 0. The summed E-state index contributed by atoms with van der Waals surface area (Å²) in [6.45, 7) is 0.391. The molecule has 0 aliphatic heterocycles. The summed E-state index contributed by atoms with van der Waals surface area (Å²) in [5.74, 6) is 0.241. The number of thiazole rings is 1. The van der Waals surface area contributed by atoms with E-state index in [1.54, 1.807) is 48.4 Å². The summed E-state index contributed by atoms with van der Waals surface area (Å²) in [5.41, 5.74) is 3.05. The van der Waals surface area contributed by atoms with Crippen LogP contribution in [0.5, 0.6) is 5.75 Å². The number of nitrogens with zero attached hydrogens (tertiary/aromatic N) is 2. The van der Waals surface area contributed by atoms with Crippen LogP contribution in [0, 0.1) is 5.82 Å². The Balaban J connectivity index is 1.68. The lowest BCUT2D eigenvalue weighted by Gasteiger charge is -2.20. The zero-order valence-electron chi connectivity index (χ0n) is 16.3. The number of anilines is 1. The number of aromatic nitrogens is 1. The monoisotopic (exact) mass is 418 g/mol. The normalized spacial score (nSPS) is 10.6. The van der Waals surface area contributed by atoms with Gasteiger partial charge in [-0.1, -0.05) is 30.3 Å². The Morgan fingerprint density at radius 1 is 1.00 bits per heavy atom. The van der Waals surface area contributed by atoms with E-state index in [-0.39, 0.29) is 11.7 Å². The number of halogens is 1. The van der Waals surface area contributed by atoms with Gasteiger partial charge >= 0.3 is 0 Å². The van der Waals surface area contributed by atoms with Crippen LogP contribution >= 0.6 is 11.3 Å². The molecule has 1 heterocycles. The van der Waals surface area contributed by atoms with Crippen LogP contribution in [-0.2, 0) is 6.54 Å². The van der Waals surface area contributed by atoms with Crippen LogP contribution in [0.4, 0.5) is 9.52 Å². The third-order valence-corrected chi connectivity index (χ3v) is 5.49. The number of hydrogen-bond acceptors (Lipinski definition) is 4. The van der Waals surface area contributed by atoms with Crippen molar-refractivity contribution in [2.24, 2.45) is 0 Å². The van der Waals surface area contributed by atoms with Crippen molar-refractivity contribution in [1.82, 2.24) is 4.98 Å². The van der Waals surface area contributed by atoms with Crippen LogP contribution in [0.3, 0.4) is 0 Å². The van der Waals surface area contributed by atoms with E-state index in [9.17, 15) is 9.18 Å². The van der Waals surface area contributed by atoms with E-state index in [1.165, 1.54) is 23.5 Å². The number of hydrogen-bond donors (Lipinski definition) is 0. The van der Waals surface area contributed by atoms with E-state index in [0.29, 0.717) is 28.7 Å². The molecule has 4 rings (SSSR count). The van der Waals surface area contributed by atoms with Gasteiger partial charge in [0.1, 0.15) is 11.6 Å². The van der Waals surface area contributed by atoms with Crippen LogP contribution in [-0.4, -0.2) is 18.0 Å². The van der Waals surface area contributed by atoms with E-state index in [2.05, 4.69) is 4.98 Å². The average molecular weight is 418 g/mol. The highest BCUT2D eigenvalue weighted by Gasteiger charge is 2.21. The zero-order chi connectivity index (χ0) is 20.9. The van der Waals surface area contributed by atoms with Gasteiger partial charge in [0.2, 0.25) is 0 Å². The van der Waals surface area contributed by atoms with Gasteiger partial charge in [0.05, 0.1) is 19.3 Å². The first-order valence-corrected chi connectivity index (χ1v) is 10.2. The number of carbonyl (C=O) groups is 1. The Morgan fingerprint density at radius 3 is 2.37 bits per heavy atom. The number of rotatable bonds is 6. The lowest BCUT2D eigenvalue weighted by Crippen LogP contribution is -2.30. The molecule has 0 N–H and O–H groups in total. The molecule has 0 atom stereocenters. The minimum atomic E-state index is -0.297. The van der Waals surface area contributed by atoms with Crippen molar-refractivity contribution in [1.29, 1.82) is 0 Å². The van der Waals surface area contributed by atoms with E-state index in [1.807, 2.05) is 35.7 Å². The SMILES string of the molecule is COc1ccc(C(=O)N(Cc2ccccc2)c2nc(-c3ccc(F)cc3)cs2)cc1. The van der Waals surface area contributed by atoms with Gasteiger partial charge in [-0.3, -0.25) is 9.69 Å². The Hall–Kier alpha value is -3.51. The first-order chi connectivity index (χ1) is 14.6. The van der Waals surface area contributed by atoms with Gasteiger partial charge in [-0.05, 0) is 54.1 Å². The number of ether oxygens (including phenoxy) is 1. The van der Waals surface area contributed by atoms with Crippen molar-refractivity contribution >= 4 is 22.4 Å². The first-order valence-electron chi connectivity index (χ1n) is 9.35. The van der Waals surface area contributed by atoms with Crippen molar-refractivity contribution in [3.63, 3.8) is 0 Å². The third kappa shape index (κ3) is 4.39. The minimum Gasteiger partial charge on any atom is -0.497 e. The van der Waals surface area contributed by atoms with Gasteiger partial charge in [0.15, 0.2) is 5.13 Å². The first kappa shape index (κ1) is 19.8. The number of amides is 1. The fourth-order valence-corrected chi connectivity index (χ4v) is 3.85. The maximum absolute atomic E-state index is 13.3. The molecule has 0 saturated heterocycles. The van der Waals surface area contributed by atoms with Crippen LogP contribution in [0.15, 0.2) is 84.2 Å². The van der Waals surface area contributed by atoms with Crippen molar-refractivity contribution in [3.05, 3.63) is 101 Å². The summed E-state index contributed by atoms with van der Waals surface area (Å²) in [4.78, 5) is 19.7. The molecule has 0 aliphatic carbocycles. The second-order valence-electron chi connectivity index (χ2n) is 6.63. The molecule has 0 saturated carbocycles. The van der Waals surface area contributed by atoms with Crippen molar-refractivity contribution in [3.8, 4) is 17.0 Å². The van der Waals surface area contributed by atoms with Crippen molar-refractivity contribution < 1.29 is 13.9 Å². The molecule has 0 aliphatic rings. The summed E-state index contributed by atoms with van der Waals surface area (Å²) in [7, 11) is 1.59. The molecule has 4 aromatic rings. The van der Waals surface area contributed by atoms with E-state index >= 15 is 0 Å². The van der Waals surface area contributed by atoms with Gasteiger partial charge in [0, 0.05) is 16.5 Å². The van der Waals surface area contributed by atoms with Gasteiger partial charge in [-0.2, -0.15) is 0 Å². The van der Waals surface area contributed by atoms with E-state index in [0.717, 1.165) is 11.1 Å².